The van der Waals surface area contributed by atoms with Crippen LogP contribution in [-0.4, -0.2) is 82.8 Å². The summed E-state index contributed by atoms with van der Waals surface area (Å²) in [5, 5.41) is 5.12. The lowest BCUT2D eigenvalue weighted by atomic mass is 9.78. The fourth-order valence-electron chi connectivity index (χ4n) is 10.2. The van der Waals surface area contributed by atoms with Crippen molar-refractivity contribution in [1.82, 2.24) is 20.4 Å². The smallest absolute Gasteiger partial charge is 0.444 e. The summed E-state index contributed by atoms with van der Waals surface area (Å²) >= 11 is 7.03. The molecule has 14 heteroatoms. The topological polar surface area (TPSA) is 125 Å². The Labute approximate surface area is 386 Å². The zero-order valence-electron chi connectivity index (χ0n) is 37.9. The van der Waals surface area contributed by atoms with Crippen molar-refractivity contribution in [2.24, 2.45) is 5.92 Å². The molecule has 0 aromatic heterocycles. The monoisotopic (exact) mass is 920 g/mol. The van der Waals surface area contributed by atoms with Gasteiger partial charge in [-0.1, -0.05) is 150 Å². The molecule has 352 valence electrons. The second kappa shape index (κ2) is 22.1. The Balaban J connectivity index is 1.35. The zero-order valence-corrected chi connectivity index (χ0v) is 38.7. The van der Waals surface area contributed by atoms with E-state index in [2.05, 4.69) is 17.4 Å². The maximum absolute atomic E-state index is 14.8. The lowest BCUT2D eigenvalue weighted by molar-refractivity contribution is -0.177. The summed E-state index contributed by atoms with van der Waals surface area (Å²) in [5.41, 5.74) is -0.503. The molecule has 3 aromatic carbocycles. The fraction of sp³-hybridized carbons (Fsp3) is 0.549. The van der Waals surface area contributed by atoms with E-state index in [1.165, 1.54) is 36.1 Å². The van der Waals surface area contributed by atoms with E-state index in [1.54, 1.807) is 43.9 Å². The predicted molar refractivity (Wildman–Crippen MR) is 244 cm³/mol. The molecule has 65 heavy (non-hydrogen) atoms. The van der Waals surface area contributed by atoms with Crippen LogP contribution in [0.4, 0.5) is 13.2 Å². The second-order valence-corrected chi connectivity index (χ2v) is 18.7. The van der Waals surface area contributed by atoms with E-state index in [0.717, 1.165) is 38.5 Å². The van der Waals surface area contributed by atoms with Crippen molar-refractivity contribution < 1.29 is 41.9 Å². The summed E-state index contributed by atoms with van der Waals surface area (Å²) in [7, 11) is 0. The van der Waals surface area contributed by atoms with Crippen molar-refractivity contribution >= 4 is 41.2 Å². The SMILES string of the molecule is CCN(C(=O)C1(NC(=O)C(F)(F)F)CCCC1)[C@H](C(=O)N[C@@H](CC(=O)OC(c1ccccc1)(c1ccc(C2CCCCCCCC2)cc1)c1ccccc1Cl)C(=O)N1CCCC1)C(C)C. The van der Waals surface area contributed by atoms with Gasteiger partial charge in [-0.3, -0.25) is 24.0 Å². The number of hydrogen-bond acceptors (Lipinski definition) is 6. The van der Waals surface area contributed by atoms with Crippen LogP contribution in [0, 0.1) is 5.92 Å². The minimum absolute atomic E-state index is 0.0313. The standard InChI is InChI=1S/C51H64ClF3N4O6/c1-4-59(48(64)49(30-16-17-31-49)57-47(63)51(53,54)55)44(35(2)3)45(61)56-42(46(62)58-32-18-19-33-58)34-43(60)65-50(38-22-12-9-13-23-38,40-24-14-15-25-41(40)52)39-28-26-37(27-29-39)36-20-10-7-5-6-8-11-21-36/h9,12-15,22-29,35-36,42,44H,4-8,10-11,16-21,30-34H2,1-3H3,(H,56,61)(H,57,63)/t42-,44-,50?/m0/s1. The van der Waals surface area contributed by atoms with Crippen LogP contribution in [0.2, 0.25) is 5.02 Å². The van der Waals surface area contributed by atoms with E-state index < -0.39 is 71.3 Å². The summed E-state index contributed by atoms with van der Waals surface area (Å²) in [4.78, 5) is 73.2. The van der Waals surface area contributed by atoms with E-state index in [-0.39, 0.29) is 19.4 Å². The van der Waals surface area contributed by atoms with Crippen molar-refractivity contribution in [3.63, 3.8) is 0 Å². The molecule has 6 rings (SSSR count). The molecule has 2 saturated carbocycles. The first-order valence-corrected chi connectivity index (χ1v) is 23.9. The molecule has 3 fully saturated rings. The van der Waals surface area contributed by atoms with Crippen LogP contribution in [0.5, 0.6) is 0 Å². The summed E-state index contributed by atoms with van der Waals surface area (Å²) in [5.74, 6) is -5.31. The first-order valence-electron chi connectivity index (χ1n) is 23.5. The fourth-order valence-corrected chi connectivity index (χ4v) is 10.5. The first kappa shape index (κ1) is 49.5. The number of nitrogens with one attached hydrogen (secondary N) is 2. The Morgan fingerprint density at radius 3 is 1.92 bits per heavy atom. The van der Waals surface area contributed by atoms with E-state index in [0.29, 0.717) is 53.6 Å². The van der Waals surface area contributed by atoms with Gasteiger partial charge in [-0.15, -0.1) is 0 Å². The number of halogens is 4. The first-order chi connectivity index (χ1) is 31.1. The number of ether oxygens (including phenoxy) is 1. The molecule has 3 atom stereocenters. The summed E-state index contributed by atoms with van der Waals surface area (Å²) in [6.45, 7) is 5.71. The lowest BCUT2D eigenvalue weighted by Crippen LogP contribution is -2.65. The molecule has 2 N–H and O–H groups in total. The van der Waals surface area contributed by atoms with E-state index >= 15 is 0 Å². The number of likely N-dealkylation sites (tertiary alicyclic amines) is 1. The maximum Gasteiger partial charge on any atom is 0.471 e. The van der Waals surface area contributed by atoms with Gasteiger partial charge in [0.25, 0.3) is 0 Å². The van der Waals surface area contributed by atoms with Crippen LogP contribution < -0.4 is 10.6 Å². The molecule has 0 spiro atoms. The third kappa shape index (κ3) is 11.6. The Morgan fingerprint density at radius 2 is 1.35 bits per heavy atom. The molecule has 1 aliphatic heterocycles. The average Bonchev–Trinajstić information content (AvgIpc) is 4.03. The Morgan fingerprint density at radius 1 is 0.785 bits per heavy atom. The number of amides is 4. The van der Waals surface area contributed by atoms with Gasteiger partial charge in [0.1, 0.15) is 17.6 Å². The molecule has 4 amide bonds. The molecule has 1 unspecified atom stereocenters. The number of carbonyl (C=O) groups excluding carboxylic acids is 5. The van der Waals surface area contributed by atoms with Gasteiger partial charge >= 0.3 is 18.1 Å². The number of nitrogens with zero attached hydrogens (tertiary/aromatic N) is 2. The lowest BCUT2D eigenvalue weighted by Gasteiger charge is -2.40. The normalized spacial score (nSPS) is 18.9. The maximum atomic E-state index is 14.8. The van der Waals surface area contributed by atoms with Crippen molar-refractivity contribution in [2.75, 3.05) is 19.6 Å². The second-order valence-electron chi connectivity index (χ2n) is 18.3. The number of hydrogen-bond donors (Lipinski definition) is 2. The third-order valence-electron chi connectivity index (χ3n) is 13.6. The quantitative estimate of drug-likeness (QED) is 0.116. The third-order valence-corrected chi connectivity index (χ3v) is 13.9. The predicted octanol–water partition coefficient (Wildman–Crippen LogP) is 9.75. The molecule has 3 aromatic rings. The molecule has 0 bridgehead atoms. The van der Waals surface area contributed by atoms with Crippen LogP contribution in [0.15, 0.2) is 78.9 Å². The molecular weight excluding hydrogens is 857 g/mol. The number of likely N-dealkylation sites (N-methyl/N-ethyl adjacent to an activating group) is 1. The number of esters is 1. The highest BCUT2D eigenvalue weighted by Crippen LogP contribution is 2.45. The van der Waals surface area contributed by atoms with E-state index in [1.807, 2.05) is 53.8 Å². The van der Waals surface area contributed by atoms with Gasteiger partial charge in [0.2, 0.25) is 17.7 Å². The molecule has 10 nitrogen and oxygen atoms in total. The van der Waals surface area contributed by atoms with Crippen LogP contribution in [0.3, 0.4) is 0 Å². The van der Waals surface area contributed by atoms with Crippen molar-refractivity contribution in [1.29, 1.82) is 0 Å². The van der Waals surface area contributed by atoms with Gasteiger partial charge in [-0.2, -0.15) is 13.2 Å². The number of carbonyl (C=O) groups is 5. The Bertz CT molecular complexity index is 2100. The van der Waals surface area contributed by atoms with Crippen molar-refractivity contribution in [3.8, 4) is 0 Å². The highest BCUT2D eigenvalue weighted by molar-refractivity contribution is 6.31. The van der Waals surface area contributed by atoms with Gasteiger partial charge in [0, 0.05) is 41.3 Å². The number of benzene rings is 3. The number of rotatable bonds is 15. The van der Waals surface area contributed by atoms with Crippen LogP contribution >= 0.6 is 11.6 Å². The van der Waals surface area contributed by atoms with Crippen LogP contribution in [0.25, 0.3) is 0 Å². The van der Waals surface area contributed by atoms with Gasteiger partial charge in [0.05, 0.1) is 6.42 Å². The van der Waals surface area contributed by atoms with E-state index in [4.69, 9.17) is 16.3 Å². The van der Waals surface area contributed by atoms with Gasteiger partial charge in [0.15, 0.2) is 5.60 Å². The molecule has 2 aliphatic carbocycles. The molecule has 1 saturated heterocycles. The van der Waals surface area contributed by atoms with Gasteiger partial charge < -0.3 is 25.2 Å². The summed E-state index contributed by atoms with van der Waals surface area (Å²) in [6, 6.07) is 21.9. The summed E-state index contributed by atoms with van der Waals surface area (Å²) in [6.07, 6.45) is 5.86. The van der Waals surface area contributed by atoms with Crippen molar-refractivity contribution in [3.05, 3.63) is 106 Å². The molecule has 1 heterocycles. The van der Waals surface area contributed by atoms with Crippen LogP contribution in [0.1, 0.15) is 145 Å². The Hall–Kier alpha value is -4.91. The van der Waals surface area contributed by atoms with Gasteiger partial charge in [-0.05, 0) is 68.9 Å². The van der Waals surface area contributed by atoms with Gasteiger partial charge in [-0.25, -0.2) is 0 Å². The average molecular weight is 922 g/mol. The molecule has 3 aliphatic rings. The van der Waals surface area contributed by atoms with Crippen molar-refractivity contribution in [2.45, 2.75) is 152 Å². The molecule has 0 radical (unpaired) electrons. The highest BCUT2D eigenvalue weighted by Gasteiger charge is 2.52. The van der Waals surface area contributed by atoms with E-state index in [9.17, 15) is 37.1 Å². The number of alkyl halides is 3. The Kier molecular flexibility index (Phi) is 16.8. The minimum Gasteiger partial charge on any atom is -0.444 e. The summed E-state index contributed by atoms with van der Waals surface area (Å²) < 4.78 is 47.4. The molecular formula is C51H64ClF3N4O6. The highest BCUT2D eigenvalue weighted by atomic mass is 35.5. The van der Waals surface area contributed by atoms with Crippen LogP contribution in [-0.2, 0) is 34.3 Å². The minimum atomic E-state index is -5.22. The largest absolute Gasteiger partial charge is 0.471 e. The zero-order chi connectivity index (χ0) is 46.8.